The molecule has 0 bridgehead atoms. The van der Waals surface area contributed by atoms with E-state index in [2.05, 4.69) is 9.88 Å². The quantitative estimate of drug-likeness (QED) is 0.842. The highest BCUT2D eigenvalue weighted by molar-refractivity contribution is 6.30. The van der Waals surface area contributed by atoms with Crippen molar-refractivity contribution in [3.63, 3.8) is 0 Å². The number of aromatic nitrogens is 2. The second kappa shape index (κ2) is 7.93. The zero-order chi connectivity index (χ0) is 17.8. The Bertz CT molecular complexity index is 750. The Kier molecular flexibility index (Phi) is 5.66. The molecule has 0 N–H and O–H groups in total. The summed E-state index contributed by atoms with van der Waals surface area (Å²) in [6.45, 7) is 2.26. The van der Waals surface area contributed by atoms with E-state index in [0.29, 0.717) is 17.5 Å². The summed E-state index contributed by atoms with van der Waals surface area (Å²) in [6.07, 6.45) is 5.75. The second-order valence-corrected chi connectivity index (χ2v) is 7.14. The van der Waals surface area contributed by atoms with Gasteiger partial charge in [-0.05, 0) is 31.5 Å². The van der Waals surface area contributed by atoms with Crippen LogP contribution in [-0.4, -0.2) is 59.4 Å². The third-order valence-electron chi connectivity index (χ3n) is 4.56. The van der Waals surface area contributed by atoms with Gasteiger partial charge in [-0.25, -0.2) is 4.98 Å². The molecule has 1 fully saturated rings. The zero-order valence-corrected chi connectivity index (χ0v) is 15.4. The number of halogens is 1. The lowest BCUT2D eigenvalue weighted by molar-refractivity contribution is -0.130. The summed E-state index contributed by atoms with van der Waals surface area (Å²) in [5, 5.41) is 0.691. The Balaban J connectivity index is 1.75. The molecule has 1 atom stereocenters. The molecule has 1 aromatic heterocycles. The number of rotatable bonds is 4. The Hall–Kier alpha value is -1.98. The molecular formula is C19H23ClN4O. The predicted molar refractivity (Wildman–Crippen MR) is 99.6 cm³/mol. The van der Waals surface area contributed by atoms with Gasteiger partial charge >= 0.3 is 0 Å². The molecule has 0 spiro atoms. The van der Waals surface area contributed by atoms with Crippen molar-refractivity contribution in [2.45, 2.75) is 18.8 Å². The molecule has 6 heteroatoms. The van der Waals surface area contributed by atoms with Crippen molar-refractivity contribution in [3.05, 3.63) is 47.4 Å². The smallest absolute Gasteiger partial charge is 0.236 e. The molecule has 0 radical (unpaired) electrons. The number of piperidine rings is 1. The predicted octanol–water partition coefficient (Wildman–Crippen LogP) is 3.06. The molecule has 0 saturated carbocycles. The van der Waals surface area contributed by atoms with E-state index in [0.717, 1.165) is 42.9 Å². The van der Waals surface area contributed by atoms with Crippen LogP contribution in [0.4, 0.5) is 0 Å². The maximum Gasteiger partial charge on any atom is 0.236 e. The molecule has 1 aliphatic heterocycles. The summed E-state index contributed by atoms with van der Waals surface area (Å²) in [5.41, 5.74) is 2.79. The summed E-state index contributed by atoms with van der Waals surface area (Å²) in [4.78, 5) is 25.0. The molecule has 1 aromatic carbocycles. The van der Waals surface area contributed by atoms with Gasteiger partial charge in [-0.15, -0.1) is 0 Å². The van der Waals surface area contributed by atoms with Crippen LogP contribution in [0.2, 0.25) is 5.02 Å². The van der Waals surface area contributed by atoms with Crippen molar-refractivity contribution in [2.24, 2.45) is 0 Å². The standard InChI is InChI=1S/C19H23ClN4O/c1-23(2)19(25)13-24-8-4-6-15(12-24)18-11-21-10-17(22-18)14-5-3-7-16(20)9-14/h3,5,7,9-11,15H,4,6,8,12-13H2,1-2H3. The van der Waals surface area contributed by atoms with Crippen LogP contribution in [0.15, 0.2) is 36.7 Å². The Morgan fingerprint density at radius 1 is 1.36 bits per heavy atom. The number of nitrogens with zero attached hydrogens (tertiary/aromatic N) is 4. The van der Waals surface area contributed by atoms with Crippen molar-refractivity contribution in [1.82, 2.24) is 19.8 Å². The van der Waals surface area contributed by atoms with E-state index in [-0.39, 0.29) is 5.91 Å². The molecule has 3 rings (SSSR count). The highest BCUT2D eigenvalue weighted by Crippen LogP contribution is 2.27. The van der Waals surface area contributed by atoms with Gasteiger partial charge in [0.2, 0.25) is 5.91 Å². The number of benzene rings is 1. The van der Waals surface area contributed by atoms with Gasteiger partial charge in [0.1, 0.15) is 0 Å². The van der Waals surface area contributed by atoms with Crippen LogP contribution >= 0.6 is 11.6 Å². The zero-order valence-electron chi connectivity index (χ0n) is 14.7. The fraction of sp³-hybridized carbons (Fsp3) is 0.421. The van der Waals surface area contributed by atoms with Gasteiger partial charge in [0, 0.05) is 43.3 Å². The van der Waals surface area contributed by atoms with Crippen molar-refractivity contribution >= 4 is 17.5 Å². The van der Waals surface area contributed by atoms with Crippen LogP contribution in [0.25, 0.3) is 11.3 Å². The number of hydrogen-bond donors (Lipinski definition) is 0. The normalized spacial score (nSPS) is 18.1. The molecule has 1 amide bonds. The fourth-order valence-electron chi connectivity index (χ4n) is 3.14. The van der Waals surface area contributed by atoms with Crippen LogP contribution in [0.3, 0.4) is 0 Å². The van der Waals surface area contributed by atoms with Crippen LogP contribution in [0, 0.1) is 0 Å². The molecule has 0 aliphatic carbocycles. The lowest BCUT2D eigenvalue weighted by Crippen LogP contribution is -2.41. The minimum atomic E-state index is 0.138. The van der Waals surface area contributed by atoms with E-state index in [1.165, 1.54) is 0 Å². The maximum absolute atomic E-state index is 12.0. The third kappa shape index (κ3) is 4.55. The summed E-state index contributed by atoms with van der Waals surface area (Å²) in [6, 6.07) is 7.66. The molecule has 25 heavy (non-hydrogen) atoms. The summed E-state index contributed by atoms with van der Waals surface area (Å²) in [7, 11) is 3.59. The van der Waals surface area contributed by atoms with E-state index in [9.17, 15) is 4.79 Å². The lowest BCUT2D eigenvalue weighted by Gasteiger charge is -2.32. The molecule has 1 aliphatic rings. The van der Waals surface area contributed by atoms with E-state index < -0.39 is 0 Å². The van der Waals surface area contributed by atoms with Gasteiger partial charge in [0.05, 0.1) is 24.1 Å². The number of carbonyl (C=O) groups excluding carboxylic acids is 1. The van der Waals surface area contributed by atoms with E-state index >= 15 is 0 Å². The van der Waals surface area contributed by atoms with E-state index in [4.69, 9.17) is 16.6 Å². The molecule has 2 heterocycles. The average molecular weight is 359 g/mol. The van der Waals surface area contributed by atoms with Crippen molar-refractivity contribution < 1.29 is 4.79 Å². The highest BCUT2D eigenvalue weighted by atomic mass is 35.5. The van der Waals surface area contributed by atoms with Gasteiger partial charge in [0.25, 0.3) is 0 Å². The number of likely N-dealkylation sites (tertiary alicyclic amines) is 1. The molecule has 2 aromatic rings. The number of likely N-dealkylation sites (N-methyl/N-ethyl adjacent to an activating group) is 1. The summed E-state index contributed by atoms with van der Waals surface area (Å²) in [5.74, 6) is 0.440. The van der Waals surface area contributed by atoms with E-state index in [1.807, 2.05) is 30.5 Å². The highest BCUT2D eigenvalue weighted by Gasteiger charge is 2.24. The number of amides is 1. The Morgan fingerprint density at radius 2 is 2.20 bits per heavy atom. The molecule has 1 saturated heterocycles. The van der Waals surface area contributed by atoms with Crippen LogP contribution < -0.4 is 0 Å². The summed E-state index contributed by atoms with van der Waals surface area (Å²) < 4.78 is 0. The van der Waals surface area contributed by atoms with E-state index in [1.54, 1.807) is 25.2 Å². The van der Waals surface area contributed by atoms with Gasteiger partial charge in [0.15, 0.2) is 0 Å². The topological polar surface area (TPSA) is 49.3 Å². The SMILES string of the molecule is CN(C)C(=O)CN1CCCC(c2cncc(-c3cccc(Cl)c3)n2)C1. The van der Waals surface area contributed by atoms with Crippen molar-refractivity contribution in [1.29, 1.82) is 0 Å². The van der Waals surface area contributed by atoms with Gasteiger partial charge in [-0.1, -0.05) is 23.7 Å². The Labute approximate surface area is 153 Å². The first-order valence-corrected chi connectivity index (χ1v) is 8.91. The van der Waals surface area contributed by atoms with Gasteiger partial charge in [-0.2, -0.15) is 0 Å². The molecule has 132 valence electrons. The van der Waals surface area contributed by atoms with Gasteiger partial charge in [-0.3, -0.25) is 14.7 Å². The lowest BCUT2D eigenvalue weighted by atomic mass is 9.94. The fourth-order valence-corrected chi connectivity index (χ4v) is 3.33. The Morgan fingerprint density at radius 3 is 2.96 bits per heavy atom. The first-order valence-electron chi connectivity index (χ1n) is 8.53. The first kappa shape index (κ1) is 17.8. The van der Waals surface area contributed by atoms with Crippen LogP contribution in [0.5, 0.6) is 0 Å². The van der Waals surface area contributed by atoms with Crippen molar-refractivity contribution in [3.8, 4) is 11.3 Å². The van der Waals surface area contributed by atoms with Crippen molar-refractivity contribution in [2.75, 3.05) is 33.7 Å². The van der Waals surface area contributed by atoms with Gasteiger partial charge < -0.3 is 4.90 Å². The average Bonchev–Trinajstić information content (AvgIpc) is 2.62. The first-order chi connectivity index (χ1) is 12.0. The maximum atomic E-state index is 12.0. The summed E-state index contributed by atoms with van der Waals surface area (Å²) >= 11 is 6.09. The third-order valence-corrected chi connectivity index (χ3v) is 4.79. The monoisotopic (exact) mass is 358 g/mol. The minimum absolute atomic E-state index is 0.138. The molecule has 5 nitrogen and oxygen atoms in total. The van der Waals surface area contributed by atoms with Crippen LogP contribution in [0.1, 0.15) is 24.5 Å². The number of carbonyl (C=O) groups is 1. The number of hydrogen-bond acceptors (Lipinski definition) is 4. The van der Waals surface area contributed by atoms with Crippen LogP contribution in [-0.2, 0) is 4.79 Å². The minimum Gasteiger partial charge on any atom is -0.348 e. The molecular weight excluding hydrogens is 336 g/mol. The molecule has 1 unspecified atom stereocenters. The second-order valence-electron chi connectivity index (χ2n) is 6.70. The largest absolute Gasteiger partial charge is 0.348 e.